The van der Waals surface area contributed by atoms with E-state index in [1.807, 2.05) is 0 Å². The van der Waals surface area contributed by atoms with E-state index in [1.165, 1.54) is 23.5 Å². The van der Waals surface area contributed by atoms with Gasteiger partial charge in [-0.05, 0) is 43.9 Å². The summed E-state index contributed by atoms with van der Waals surface area (Å²) in [6.07, 6.45) is 5.76. The number of aliphatic imine (C=N–C) groups is 2. The van der Waals surface area contributed by atoms with E-state index in [0.29, 0.717) is 32.5 Å². The Bertz CT molecular complexity index is 1510. The van der Waals surface area contributed by atoms with Crippen LogP contribution in [0.2, 0.25) is 0 Å². The van der Waals surface area contributed by atoms with Crippen molar-refractivity contribution in [1.29, 1.82) is 0 Å². The molecule has 1 aliphatic carbocycles. The number of hydrogen-bond donors (Lipinski definition) is 5. The summed E-state index contributed by atoms with van der Waals surface area (Å²) in [6.45, 7) is 4.69. The first kappa shape index (κ1) is 33.1. The summed E-state index contributed by atoms with van der Waals surface area (Å²) in [5.74, 6) is -0.851. The van der Waals surface area contributed by atoms with Crippen LogP contribution in [0, 0.1) is 0 Å². The number of guanidine groups is 1. The molecule has 3 aliphatic rings. The Morgan fingerprint density at radius 3 is 2.45 bits per heavy atom. The maximum absolute atomic E-state index is 13.6. The Morgan fingerprint density at radius 1 is 1.20 bits per heavy atom. The minimum atomic E-state index is -3.89. The number of sulfonamides is 1. The Balaban J connectivity index is 1.41. The number of likely N-dealkylation sites (tertiary alicyclic amines) is 1. The van der Waals surface area contributed by atoms with Crippen molar-refractivity contribution in [1.82, 2.24) is 19.8 Å². The van der Waals surface area contributed by atoms with Crippen LogP contribution in [0.3, 0.4) is 0 Å². The average molecular weight is 650 g/mol. The van der Waals surface area contributed by atoms with Crippen molar-refractivity contribution in [2.75, 3.05) is 33.8 Å². The molecular formula is C28H40ClN9O5S. The van der Waals surface area contributed by atoms with Gasteiger partial charge in [0.1, 0.15) is 16.5 Å². The lowest BCUT2D eigenvalue weighted by Crippen LogP contribution is -2.57. The van der Waals surface area contributed by atoms with Gasteiger partial charge < -0.3 is 32.2 Å². The van der Waals surface area contributed by atoms with Gasteiger partial charge in [-0.3, -0.25) is 19.9 Å². The SMILES string of the molecule is C=C(N)C(=NC(Cl)=C(N)N)C(=O)NC1=NCC2(CCN(C(=O)c3ccc(OC)c(S(=O)(=O)N(C)C4CCCCC4)c3)CC2)N1. The summed E-state index contributed by atoms with van der Waals surface area (Å²) < 4.78 is 34.1. The average Bonchev–Trinajstić information content (AvgIpc) is 3.40. The minimum Gasteiger partial charge on any atom is -0.495 e. The third-order valence-corrected chi connectivity index (χ3v) is 10.5. The normalized spacial score (nSPS) is 18.9. The molecule has 4 rings (SSSR count). The highest BCUT2D eigenvalue weighted by Gasteiger charge is 2.41. The fraction of sp³-hybridized carbons (Fsp3) is 0.500. The smallest absolute Gasteiger partial charge is 0.278 e. The summed E-state index contributed by atoms with van der Waals surface area (Å²) in [4.78, 5) is 36.2. The largest absolute Gasteiger partial charge is 0.495 e. The van der Waals surface area contributed by atoms with Crippen molar-refractivity contribution >= 4 is 45.1 Å². The van der Waals surface area contributed by atoms with Gasteiger partial charge in [-0.15, -0.1) is 0 Å². The van der Waals surface area contributed by atoms with Gasteiger partial charge in [0.15, 0.2) is 16.8 Å². The van der Waals surface area contributed by atoms with Crippen molar-refractivity contribution < 1.29 is 22.7 Å². The number of nitrogens with one attached hydrogen (secondary N) is 2. The van der Waals surface area contributed by atoms with E-state index in [-0.39, 0.29) is 56.5 Å². The topological polar surface area (TPSA) is 211 Å². The third-order valence-electron chi connectivity index (χ3n) is 8.29. The molecule has 1 spiro atoms. The van der Waals surface area contributed by atoms with Crippen LogP contribution >= 0.6 is 11.6 Å². The first-order chi connectivity index (χ1) is 20.8. The number of ether oxygens (including phenoxy) is 1. The molecule has 0 aromatic heterocycles. The fourth-order valence-electron chi connectivity index (χ4n) is 5.64. The molecule has 1 aromatic rings. The number of amides is 2. The predicted molar refractivity (Wildman–Crippen MR) is 168 cm³/mol. The van der Waals surface area contributed by atoms with Crippen molar-refractivity contribution in [2.24, 2.45) is 27.2 Å². The van der Waals surface area contributed by atoms with Gasteiger partial charge in [0.25, 0.3) is 11.8 Å². The zero-order valence-electron chi connectivity index (χ0n) is 24.9. The van der Waals surface area contributed by atoms with E-state index in [1.54, 1.807) is 18.0 Å². The number of hydrogen-bond acceptors (Lipinski definition) is 11. The Labute approximate surface area is 262 Å². The molecule has 2 heterocycles. The number of nitrogens with zero attached hydrogens (tertiary/aromatic N) is 4. The van der Waals surface area contributed by atoms with Gasteiger partial charge in [0.05, 0.1) is 24.9 Å². The number of carbonyl (C=O) groups excluding carboxylic acids is 2. The third kappa shape index (κ3) is 7.11. The number of carbonyl (C=O) groups is 2. The van der Waals surface area contributed by atoms with Crippen molar-refractivity contribution in [3.05, 3.63) is 47.0 Å². The Hall–Kier alpha value is -3.82. The number of methoxy groups -OCH3 is 1. The second-order valence-electron chi connectivity index (χ2n) is 11.2. The Kier molecular flexibility index (Phi) is 10.1. The van der Waals surface area contributed by atoms with E-state index in [0.717, 1.165) is 32.1 Å². The lowest BCUT2D eigenvalue weighted by molar-refractivity contribution is -0.113. The second-order valence-corrected chi connectivity index (χ2v) is 13.6. The van der Waals surface area contributed by atoms with Gasteiger partial charge in [-0.25, -0.2) is 13.4 Å². The fourth-order valence-corrected chi connectivity index (χ4v) is 7.32. The molecular weight excluding hydrogens is 610 g/mol. The van der Waals surface area contributed by atoms with Gasteiger partial charge in [-0.2, -0.15) is 4.31 Å². The maximum Gasteiger partial charge on any atom is 0.278 e. The van der Waals surface area contributed by atoms with Crippen LogP contribution in [0.25, 0.3) is 0 Å². The lowest BCUT2D eigenvalue weighted by atomic mass is 9.88. The molecule has 0 radical (unpaired) electrons. The summed E-state index contributed by atoms with van der Waals surface area (Å²) in [5.41, 5.74) is 15.9. The summed E-state index contributed by atoms with van der Waals surface area (Å²) >= 11 is 5.86. The number of halogens is 1. The monoisotopic (exact) mass is 649 g/mol. The van der Waals surface area contributed by atoms with Gasteiger partial charge in [0, 0.05) is 31.7 Å². The highest BCUT2D eigenvalue weighted by atomic mass is 35.5. The molecule has 44 heavy (non-hydrogen) atoms. The molecule has 16 heteroatoms. The van der Waals surface area contributed by atoms with Crippen LogP contribution in [-0.4, -0.2) is 86.5 Å². The summed E-state index contributed by atoms with van der Waals surface area (Å²) in [5, 5.41) is 5.57. The first-order valence-corrected chi connectivity index (χ1v) is 16.1. The molecule has 14 nitrogen and oxygen atoms in total. The number of piperidine rings is 1. The molecule has 2 amide bonds. The van der Waals surface area contributed by atoms with Crippen LogP contribution in [0.15, 0.2) is 56.3 Å². The predicted octanol–water partition coefficient (Wildman–Crippen LogP) is 0.895. The van der Waals surface area contributed by atoms with Crippen LogP contribution in [0.1, 0.15) is 55.3 Å². The zero-order valence-corrected chi connectivity index (χ0v) is 26.5. The molecule has 0 bridgehead atoms. The van der Waals surface area contributed by atoms with Crippen LogP contribution in [-0.2, 0) is 14.8 Å². The molecule has 240 valence electrons. The highest BCUT2D eigenvalue weighted by molar-refractivity contribution is 7.89. The van der Waals surface area contributed by atoms with E-state index in [2.05, 4.69) is 27.2 Å². The number of benzene rings is 1. The quantitative estimate of drug-likeness (QED) is 0.200. The second kappa shape index (κ2) is 13.4. The molecule has 2 aliphatic heterocycles. The minimum absolute atomic E-state index is 0.0207. The van der Waals surface area contributed by atoms with Crippen LogP contribution in [0.5, 0.6) is 5.75 Å². The van der Waals surface area contributed by atoms with E-state index < -0.39 is 21.5 Å². The van der Waals surface area contributed by atoms with E-state index in [9.17, 15) is 18.0 Å². The molecule has 1 aromatic carbocycles. The Morgan fingerprint density at radius 2 is 1.86 bits per heavy atom. The number of nitrogens with two attached hydrogens (primary N) is 3. The number of rotatable bonds is 8. The summed E-state index contributed by atoms with van der Waals surface area (Å²) in [7, 11) is -0.882. The van der Waals surface area contributed by atoms with Crippen molar-refractivity contribution in [3.8, 4) is 5.75 Å². The zero-order chi connectivity index (χ0) is 32.2. The highest BCUT2D eigenvalue weighted by Crippen LogP contribution is 2.33. The van der Waals surface area contributed by atoms with Gasteiger partial charge in [0.2, 0.25) is 10.0 Å². The molecule has 1 saturated carbocycles. The van der Waals surface area contributed by atoms with E-state index in [4.69, 9.17) is 33.5 Å². The molecule has 0 unspecified atom stereocenters. The van der Waals surface area contributed by atoms with Crippen molar-refractivity contribution in [2.45, 2.75) is 61.4 Å². The van der Waals surface area contributed by atoms with Crippen molar-refractivity contribution in [3.63, 3.8) is 0 Å². The molecule has 2 fully saturated rings. The maximum atomic E-state index is 13.6. The summed E-state index contributed by atoms with van der Waals surface area (Å²) in [6, 6.07) is 4.44. The van der Waals surface area contributed by atoms with E-state index >= 15 is 0 Å². The van der Waals surface area contributed by atoms with Gasteiger partial charge in [-0.1, -0.05) is 37.4 Å². The lowest BCUT2D eigenvalue weighted by Gasteiger charge is -2.39. The first-order valence-electron chi connectivity index (χ1n) is 14.3. The van der Waals surface area contributed by atoms with Gasteiger partial charge >= 0.3 is 0 Å². The standard InChI is InChI=1S/C28H40ClN9O5S/c1-17(30)22(34-23(29)24(31)32)25(39)35-27-33-16-28(36-27)11-13-38(14-12-28)26(40)18-9-10-20(43-3)21(15-18)44(41,42)37(2)19-7-5-4-6-8-19/h9-10,15,19H,1,4-8,11-14,16,30-32H2,2-3H3,(H2,33,35,36,39). The molecule has 1 saturated heterocycles. The molecule has 8 N–H and O–H groups in total. The van der Waals surface area contributed by atoms with Crippen LogP contribution < -0.4 is 32.6 Å². The molecule has 0 atom stereocenters. The van der Waals surface area contributed by atoms with Crippen LogP contribution in [0.4, 0.5) is 0 Å².